The number of fused-ring (bicyclic) bond motifs is 2. The number of imide groups is 2. The second kappa shape index (κ2) is 9.98. The Morgan fingerprint density at radius 3 is 1.18 bits per heavy atom. The monoisotopic (exact) mass is 582 g/mol. The molecule has 2 aliphatic heterocycles. The first-order valence-corrected chi connectivity index (χ1v) is 16.1. The minimum absolute atomic E-state index is 0.353. The van der Waals surface area contributed by atoms with Crippen molar-refractivity contribution in [2.45, 2.75) is 78.1 Å². The maximum absolute atomic E-state index is 14.2. The Hall–Kier alpha value is -4.58. The molecule has 4 aromatic carbocycles. The van der Waals surface area contributed by atoms with Crippen molar-refractivity contribution in [1.29, 1.82) is 0 Å². The highest BCUT2D eigenvalue weighted by Crippen LogP contribution is 2.43. The number of aryl methyl sites for hydroxylation is 4. The topological polar surface area (TPSA) is 74.8 Å². The molecule has 0 saturated carbocycles. The van der Waals surface area contributed by atoms with Gasteiger partial charge in [0.2, 0.25) is 0 Å². The summed E-state index contributed by atoms with van der Waals surface area (Å²) in [5.74, 6) is -1.61. The molecule has 0 saturated heterocycles. The van der Waals surface area contributed by atoms with Gasteiger partial charge in [-0.15, -0.1) is 0 Å². The van der Waals surface area contributed by atoms with Crippen molar-refractivity contribution in [2.75, 3.05) is 9.80 Å². The van der Waals surface area contributed by atoms with Gasteiger partial charge >= 0.3 is 0 Å². The molecule has 0 radical (unpaired) electrons. The van der Waals surface area contributed by atoms with Crippen molar-refractivity contribution in [3.05, 3.63) is 104 Å². The minimum Gasteiger partial charge on any atom is -0.268 e. The summed E-state index contributed by atoms with van der Waals surface area (Å²) in [6.45, 7) is 4.16. The lowest BCUT2D eigenvalue weighted by atomic mass is 9.83. The van der Waals surface area contributed by atoms with E-state index in [2.05, 4.69) is 26.0 Å². The Bertz CT molecular complexity index is 1770. The van der Waals surface area contributed by atoms with E-state index in [0.29, 0.717) is 44.4 Å². The zero-order valence-corrected chi connectivity index (χ0v) is 25.2. The number of hydrogen-bond acceptors (Lipinski definition) is 4. The molecule has 2 aliphatic carbocycles. The lowest BCUT2D eigenvalue weighted by molar-refractivity contribution is 0.0872. The van der Waals surface area contributed by atoms with Crippen molar-refractivity contribution >= 4 is 45.8 Å². The van der Waals surface area contributed by atoms with Gasteiger partial charge in [-0.25, -0.2) is 9.80 Å². The number of hydrogen-bond donors (Lipinski definition) is 0. The van der Waals surface area contributed by atoms with Crippen LogP contribution in [0.4, 0.5) is 11.4 Å². The summed E-state index contributed by atoms with van der Waals surface area (Å²) in [4.78, 5) is 59.6. The van der Waals surface area contributed by atoms with Crippen LogP contribution in [0.3, 0.4) is 0 Å². The molecule has 6 heteroatoms. The molecule has 0 unspecified atom stereocenters. The fraction of sp³-hybridized carbons (Fsp3) is 0.316. The van der Waals surface area contributed by atoms with Crippen molar-refractivity contribution in [3.63, 3.8) is 0 Å². The highest BCUT2D eigenvalue weighted by Gasteiger charge is 2.42. The van der Waals surface area contributed by atoms with Crippen LogP contribution in [-0.4, -0.2) is 23.6 Å². The summed E-state index contributed by atoms with van der Waals surface area (Å²) in [6, 6.07) is 15.1. The molecular weight excluding hydrogens is 548 g/mol. The summed E-state index contributed by atoms with van der Waals surface area (Å²) in [6.07, 6.45) is 9.38. The molecule has 44 heavy (non-hydrogen) atoms. The smallest absolute Gasteiger partial charge is 0.265 e. The van der Waals surface area contributed by atoms with Crippen molar-refractivity contribution in [1.82, 2.24) is 0 Å². The van der Waals surface area contributed by atoms with E-state index >= 15 is 0 Å². The number of nitrogens with zero attached hydrogens (tertiary/aromatic N) is 2. The van der Waals surface area contributed by atoms with E-state index in [0.717, 1.165) is 86.5 Å². The van der Waals surface area contributed by atoms with Gasteiger partial charge in [0.25, 0.3) is 23.6 Å². The van der Waals surface area contributed by atoms with Crippen molar-refractivity contribution in [2.24, 2.45) is 0 Å². The lowest BCUT2D eigenvalue weighted by Gasteiger charge is -2.34. The second-order valence-corrected chi connectivity index (χ2v) is 12.6. The van der Waals surface area contributed by atoms with Gasteiger partial charge in [-0.2, -0.15) is 0 Å². The third-order valence-corrected chi connectivity index (χ3v) is 10.2. The summed E-state index contributed by atoms with van der Waals surface area (Å²) < 4.78 is 0. The first kappa shape index (κ1) is 27.0. The maximum atomic E-state index is 14.2. The quantitative estimate of drug-likeness (QED) is 0.236. The van der Waals surface area contributed by atoms with E-state index in [-0.39, 0.29) is 0 Å². The Morgan fingerprint density at radius 2 is 0.841 bits per heavy atom. The van der Waals surface area contributed by atoms with Crippen LogP contribution >= 0.6 is 0 Å². The normalized spacial score (nSPS) is 17.3. The number of rotatable bonds is 4. The van der Waals surface area contributed by atoms with Gasteiger partial charge in [-0.1, -0.05) is 26.0 Å². The number of carbonyl (C=O) groups is 4. The number of carbonyl (C=O) groups excluding carboxylic acids is 4. The average Bonchev–Trinajstić information content (AvgIpc) is 3.05. The molecule has 0 aromatic heterocycles. The second-order valence-electron chi connectivity index (χ2n) is 12.6. The van der Waals surface area contributed by atoms with Crippen LogP contribution in [0.1, 0.15) is 114 Å². The number of amides is 4. The predicted octanol–water partition coefficient (Wildman–Crippen LogP) is 7.32. The van der Waals surface area contributed by atoms with Gasteiger partial charge < -0.3 is 0 Å². The van der Waals surface area contributed by atoms with Crippen LogP contribution in [0, 0.1) is 0 Å². The largest absolute Gasteiger partial charge is 0.268 e. The highest BCUT2D eigenvalue weighted by atomic mass is 16.2. The standard InChI is InChI=1S/C38H34N2O4/c1-3-21-17-23-9-5-7-11-25(23)31(19-21)39-35(41)27-13-15-29-34-30(16-14-28(33(27)34)36(39)42)38(44)40(37(29)43)32-20-22(4-2)18-24-10-6-8-12-26(24)32/h13-20H,3-12H2,1-2H3. The van der Waals surface area contributed by atoms with Crippen LogP contribution in [-0.2, 0) is 38.5 Å². The molecule has 0 N–H and O–H groups in total. The molecule has 220 valence electrons. The molecule has 4 aromatic rings. The third-order valence-electron chi connectivity index (χ3n) is 10.2. The minimum atomic E-state index is -0.403. The van der Waals surface area contributed by atoms with Gasteiger partial charge in [0, 0.05) is 33.0 Å². The molecule has 4 amide bonds. The van der Waals surface area contributed by atoms with E-state index in [1.807, 2.05) is 12.1 Å². The van der Waals surface area contributed by atoms with Gasteiger partial charge in [0.1, 0.15) is 0 Å². The van der Waals surface area contributed by atoms with Gasteiger partial charge in [0.15, 0.2) is 0 Å². The SMILES string of the molecule is CCc1cc2c(c(N3C(=O)c4ccc5c6c(ccc(c46)C3=O)C(=O)N(c3cc(CC)cc4c3CCCC4)C5=O)c1)CCCC2. The van der Waals surface area contributed by atoms with Crippen molar-refractivity contribution in [3.8, 4) is 0 Å². The Labute approximate surface area is 256 Å². The van der Waals surface area contributed by atoms with Crippen LogP contribution in [0.2, 0.25) is 0 Å². The highest BCUT2D eigenvalue weighted by molar-refractivity contribution is 6.42. The third kappa shape index (κ3) is 3.73. The van der Waals surface area contributed by atoms with Crippen LogP contribution < -0.4 is 9.80 Å². The van der Waals surface area contributed by atoms with Crippen LogP contribution in [0.25, 0.3) is 10.8 Å². The lowest BCUT2D eigenvalue weighted by Crippen LogP contribution is -2.44. The fourth-order valence-electron chi connectivity index (χ4n) is 7.94. The molecule has 6 nitrogen and oxygen atoms in total. The van der Waals surface area contributed by atoms with E-state index in [4.69, 9.17) is 0 Å². The zero-order chi connectivity index (χ0) is 30.3. The first-order chi connectivity index (χ1) is 21.4. The Balaban J connectivity index is 1.29. The summed E-state index contributed by atoms with van der Waals surface area (Å²) in [5, 5.41) is 0.829. The molecule has 2 heterocycles. The van der Waals surface area contributed by atoms with Crippen LogP contribution in [0.5, 0.6) is 0 Å². The fourth-order valence-corrected chi connectivity index (χ4v) is 7.94. The molecule has 0 fully saturated rings. The van der Waals surface area contributed by atoms with E-state index in [9.17, 15) is 19.2 Å². The summed E-state index contributed by atoms with van der Waals surface area (Å²) >= 11 is 0. The van der Waals surface area contributed by atoms with Gasteiger partial charge in [0.05, 0.1) is 11.4 Å². The molecular formula is C38H34N2O4. The number of anilines is 2. The molecule has 0 atom stereocenters. The molecule has 0 spiro atoms. The zero-order valence-electron chi connectivity index (χ0n) is 25.2. The molecule has 4 aliphatic rings. The Kier molecular flexibility index (Phi) is 6.12. The summed E-state index contributed by atoms with van der Waals surface area (Å²) in [7, 11) is 0. The van der Waals surface area contributed by atoms with Gasteiger partial charge in [-0.3, -0.25) is 19.2 Å². The maximum Gasteiger partial charge on any atom is 0.265 e. The van der Waals surface area contributed by atoms with Gasteiger partial charge in [-0.05, 0) is 134 Å². The first-order valence-electron chi connectivity index (χ1n) is 16.1. The summed E-state index contributed by atoms with van der Waals surface area (Å²) in [5.41, 5.74) is 9.53. The van der Waals surface area contributed by atoms with E-state index in [1.54, 1.807) is 24.3 Å². The van der Waals surface area contributed by atoms with Crippen molar-refractivity contribution < 1.29 is 19.2 Å². The molecule has 8 rings (SSSR count). The van der Waals surface area contributed by atoms with E-state index < -0.39 is 23.6 Å². The number of benzene rings is 4. The average molecular weight is 583 g/mol. The molecule has 0 bridgehead atoms. The van der Waals surface area contributed by atoms with E-state index in [1.165, 1.54) is 20.9 Å². The predicted molar refractivity (Wildman–Crippen MR) is 171 cm³/mol. The Morgan fingerprint density at radius 1 is 0.500 bits per heavy atom. The van der Waals surface area contributed by atoms with Crippen LogP contribution in [0.15, 0.2) is 48.5 Å².